The highest BCUT2D eigenvalue weighted by atomic mass is 19.4. The van der Waals surface area contributed by atoms with E-state index in [4.69, 9.17) is 23.9 Å². The highest BCUT2D eigenvalue weighted by Gasteiger charge is 2.43. The van der Waals surface area contributed by atoms with Gasteiger partial charge in [-0.3, -0.25) is 4.79 Å². The van der Waals surface area contributed by atoms with Crippen molar-refractivity contribution in [3.63, 3.8) is 0 Å². The molecule has 3 fully saturated rings. The molecule has 0 saturated carbocycles. The van der Waals surface area contributed by atoms with Crippen molar-refractivity contribution >= 4 is 11.9 Å². The van der Waals surface area contributed by atoms with Gasteiger partial charge in [-0.2, -0.15) is 13.2 Å². The van der Waals surface area contributed by atoms with Crippen LogP contribution in [0, 0.1) is 0 Å². The number of nitrogens with zero attached hydrogens (tertiary/aromatic N) is 3. The van der Waals surface area contributed by atoms with Gasteiger partial charge in [-0.1, -0.05) is 5.16 Å². The number of rotatable bonds is 6. The van der Waals surface area contributed by atoms with E-state index in [1.807, 2.05) is 4.90 Å². The van der Waals surface area contributed by atoms with Crippen LogP contribution in [0.15, 0.2) is 16.8 Å². The summed E-state index contributed by atoms with van der Waals surface area (Å²) in [5.74, 6) is -2.52. The number of alkyl halides is 3. The number of amides is 1. The molecule has 0 radical (unpaired) electrons. The van der Waals surface area contributed by atoms with Crippen LogP contribution in [0.25, 0.3) is 0 Å². The van der Waals surface area contributed by atoms with Gasteiger partial charge in [0.05, 0.1) is 37.7 Å². The van der Waals surface area contributed by atoms with Gasteiger partial charge < -0.3 is 28.9 Å². The Kier molecular flexibility index (Phi) is 8.49. The van der Waals surface area contributed by atoms with E-state index in [1.54, 1.807) is 6.07 Å². The summed E-state index contributed by atoms with van der Waals surface area (Å²) < 4.78 is 48.8. The van der Waals surface area contributed by atoms with E-state index in [0.717, 1.165) is 39.0 Å². The molecule has 4 heterocycles. The van der Waals surface area contributed by atoms with E-state index >= 15 is 0 Å². The zero-order valence-electron chi connectivity index (χ0n) is 17.6. The molecule has 32 heavy (non-hydrogen) atoms. The number of hydrogen-bond acceptors (Lipinski definition) is 7. The lowest BCUT2D eigenvalue weighted by Gasteiger charge is -2.35. The van der Waals surface area contributed by atoms with Crippen molar-refractivity contribution < 1.29 is 41.9 Å². The molecule has 180 valence electrons. The van der Waals surface area contributed by atoms with Gasteiger partial charge in [-0.25, -0.2) is 4.79 Å². The van der Waals surface area contributed by atoms with Gasteiger partial charge in [-0.15, -0.1) is 0 Å². The van der Waals surface area contributed by atoms with Crippen molar-refractivity contribution in [2.45, 2.75) is 56.5 Å². The van der Waals surface area contributed by atoms with Gasteiger partial charge in [0.2, 0.25) is 5.76 Å². The van der Waals surface area contributed by atoms with Crippen molar-refractivity contribution in [3.05, 3.63) is 18.0 Å². The van der Waals surface area contributed by atoms with Gasteiger partial charge in [0.1, 0.15) is 0 Å². The van der Waals surface area contributed by atoms with E-state index < -0.39 is 12.1 Å². The smallest absolute Gasteiger partial charge is 0.475 e. The quantitative estimate of drug-likeness (QED) is 0.640. The second-order valence-electron chi connectivity index (χ2n) is 8.03. The van der Waals surface area contributed by atoms with Gasteiger partial charge in [0.15, 0.2) is 0 Å². The van der Waals surface area contributed by atoms with Crippen LogP contribution in [0.5, 0.6) is 0 Å². The molecule has 3 aliphatic rings. The molecule has 12 heteroatoms. The number of carboxylic acid groups (broad SMARTS) is 1. The zero-order valence-corrected chi connectivity index (χ0v) is 17.6. The van der Waals surface area contributed by atoms with Crippen LogP contribution in [0.1, 0.15) is 42.7 Å². The maximum absolute atomic E-state index is 12.5. The van der Waals surface area contributed by atoms with E-state index in [-0.39, 0.29) is 24.2 Å². The molecule has 0 unspecified atom stereocenters. The van der Waals surface area contributed by atoms with Crippen LogP contribution < -0.4 is 0 Å². The third-order valence-electron chi connectivity index (χ3n) is 5.84. The number of hydrogen-bond donors (Lipinski definition) is 1. The fourth-order valence-corrected chi connectivity index (χ4v) is 4.25. The highest BCUT2D eigenvalue weighted by Crippen LogP contribution is 2.32. The average Bonchev–Trinajstić information content (AvgIpc) is 3.52. The minimum atomic E-state index is -5.08. The Labute approximate surface area is 183 Å². The molecule has 3 atom stereocenters. The number of ether oxygens (including phenoxy) is 2. The number of likely N-dealkylation sites (tertiary alicyclic amines) is 2. The third-order valence-corrected chi connectivity index (χ3v) is 5.84. The van der Waals surface area contributed by atoms with Crippen molar-refractivity contribution in [1.82, 2.24) is 15.0 Å². The molecule has 1 amide bonds. The Morgan fingerprint density at radius 1 is 1.19 bits per heavy atom. The number of carbonyl (C=O) groups excluding carboxylic acids is 1. The maximum Gasteiger partial charge on any atom is 0.490 e. The number of aliphatic carboxylic acids is 1. The summed E-state index contributed by atoms with van der Waals surface area (Å²) in [6.45, 7) is 5.61. The molecule has 1 aromatic rings. The molecule has 3 saturated heterocycles. The maximum atomic E-state index is 12.5. The van der Waals surface area contributed by atoms with Crippen molar-refractivity contribution in [1.29, 1.82) is 0 Å². The fraction of sp³-hybridized carbons (Fsp3) is 0.750. The largest absolute Gasteiger partial charge is 0.490 e. The van der Waals surface area contributed by atoms with Crippen LogP contribution in [-0.4, -0.2) is 95.8 Å². The monoisotopic (exact) mass is 463 g/mol. The molecule has 1 aromatic heterocycles. The van der Waals surface area contributed by atoms with E-state index in [2.05, 4.69) is 10.1 Å². The van der Waals surface area contributed by atoms with Crippen LogP contribution >= 0.6 is 0 Å². The Balaban J connectivity index is 0.000000360. The summed E-state index contributed by atoms with van der Waals surface area (Å²) in [4.78, 5) is 25.7. The van der Waals surface area contributed by atoms with Gasteiger partial charge in [0.25, 0.3) is 5.91 Å². The first-order valence-corrected chi connectivity index (χ1v) is 10.7. The molecule has 0 aliphatic carbocycles. The van der Waals surface area contributed by atoms with Crippen LogP contribution in [0.3, 0.4) is 0 Å². The standard InChI is InChI=1S/C18H27N3O4.C2HF3O2/c22-18(17-5-7-19-25-17)21-10-6-16-15(21)4-3-14(24-16)13-23-12-11-20-8-1-2-9-20;3-2(4,5)1(6)7/h5,7,14-16H,1-4,6,8-13H2;(H,6,7)/t14-,15-,16-;/m0./s1. The van der Waals surface area contributed by atoms with Gasteiger partial charge in [-0.05, 0) is 45.2 Å². The minimum absolute atomic E-state index is 0.0751. The fourth-order valence-electron chi connectivity index (χ4n) is 4.25. The van der Waals surface area contributed by atoms with Crippen molar-refractivity contribution in [3.8, 4) is 0 Å². The number of carbonyl (C=O) groups is 2. The molecule has 9 nitrogen and oxygen atoms in total. The minimum Gasteiger partial charge on any atom is -0.475 e. The predicted molar refractivity (Wildman–Crippen MR) is 104 cm³/mol. The first-order chi connectivity index (χ1) is 15.3. The normalized spacial score (nSPS) is 25.8. The number of fused-ring (bicyclic) bond motifs is 1. The SMILES string of the molecule is O=C(O)C(F)(F)F.O=C(c1ccno1)N1CC[C@@H]2O[C@H](COCCN3CCCC3)CC[C@@H]21. The zero-order chi connectivity index (χ0) is 23.1. The number of halogens is 3. The molecule has 0 bridgehead atoms. The molecule has 1 N–H and O–H groups in total. The van der Waals surface area contributed by atoms with E-state index in [9.17, 15) is 18.0 Å². The first kappa shape index (κ1) is 24.5. The lowest BCUT2D eigenvalue weighted by molar-refractivity contribution is -0.192. The number of aromatic nitrogens is 1. The molecule has 3 aliphatic heterocycles. The summed E-state index contributed by atoms with van der Waals surface area (Å²) in [5.41, 5.74) is 0. The molecule has 0 aromatic carbocycles. The van der Waals surface area contributed by atoms with Crippen LogP contribution in [0.2, 0.25) is 0 Å². The Morgan fingerprint density at radius 2 is 1.91 bits per heavy atom. The summed E-state index contributed by atoms with van der Waals surface area (Å²) in [6.07, 6.45) is 2.11. The second kappa shape index (κ2) is 11.1. The molecule has 4 rings (SSSR count). The molecular formula is C20H28F3N3O6. The third kappa shape index (κ3) is 6.66. The Morgan fingerprint density at radius 3 is 2.53 bits per heavy atom. The second-order valence-corrected chi connectivity index (χ2v) is 8.03. The summed E-state index contributed by atoms with van der Waals surface area (Å²) in [7, 11) is 0. The average molecular weight is 463 g/mol. The van der Waals surface area contributed by atoms with E-state index in [0.29, 0.717) is 12.4 Å². The molecular weight excluding hydrogens is 435 g/mol. The summed E-state index contributed by atoms with van der Waals surface area (Å²) in [5, 5.41) is 10.8. The van der Waals surface area contributed by atoms with Gasteiger partial charge in [0, 0.05) is 19.2 Å². The summed E-state index contributed by atoms with van der Waals surface area (Å²) >= 11 is 0. The van der Waals surface area contributed by atoms with Crippen LogP contribution in [0.4, 0.5) is 13.2 Å². The van der Waals surface area contributed by atoms with Crippen LogP contribution in [-0.2, 0) is 14.3 Å². The molecule has 0 spiro atoms. The first-order valence-electron chi connectivity index (χ1n) is 10.7. The lowest BCUT2D eigenvalue weighted by Crippen LogP contribution is -2.46. The van der Waals surface area contributed by atoms with E-state index in [1.165, 1.54) is 32.1 Å². The van der Waals surface area contributed by atoms with Gasteiger partial charge >= 0.3 is 12.1 Å². The van der Waals surface area contributed by atoms with Crippen molar-refractivity contribution in [2.75, 3.05) is 39.4 Å². The Hall–Kier alpha value is -2.18. The lowest BCUT2D eigenvalue weighted by atomic mass is 9.99. The Bertz CT molecular complexity index is 739. The summed E-state index contributed by atoms with van der Waals surface area (Å²) in [6, 6.07) is 1.77. The van der Waals surface area contributed by atoms with Crippen molar-refractivity contribution in [2.24, 2.45) is 0 Å². The topological polar surface area (TPSA) is 105 Å². The highest BCUT2D eigenvalue weighted by molar-refractivity contribution is 5.91. The predicted octanol–water partition coefficient (Wildman–Crippen LogP) is 2.18. The number of carboxylic acids is 1.